The van der Waals surface area contributed by atoms with Crippen molar-refractivity contribution >= 4 is 40.6 Å². The summed E-state index contributed by atoms with van der Waals surface area (Å²) in [5.41, 5.74) is 2.77. The number of thiocarbonyl (C=S) groups is 1. The van der Waals surface area contributed by atoms with E-state index >= 15 is 0 Å². The van der Waals surface area contributed by atoms with Gasteiger partial charge in [-0.2, -0.15) is 0 Å². The lowest BCUT2D eigenvalue weighted by Gasteiger charge is -2.37. The van der Waals surface area contributed by atoms with Gasteiger partial charge in [-0.15, -0.1) is 0 Å². The minimum atomic E-state index is -0.444. The Morgan fingerprint density at radius 3 is 2.55 bits per heavy atom. The summed E-state index contributed by atoms with van der Waals surface area (Å²) in [5, 5.41) is 4.34. The molecule has 8 heteroatoms. The first-order valence-corrected chi connectivity index (χ1v) is 9.83. The van der Waals surface area contributed by atoms with Gasteiger partial charge in [-0.05, 0) is 49.0 Å². The van der Waals surface area contributed by atoms with Gasteiger partial charge in [-0.1, -0.05) is 23.7 Å². The highest BCUT2D eigenvalue weighted by atomic mass is 35.5. The van der Waals surface area contributed by atoms with Crippen LogP contribution in [0.2, 0.25) is 5.02 Å². The number of anilines is 1. The highest BCUT2D eigenvalue weighted by Crippen LogP contribution is 2.38. The number of halogens is 1. The minimum absolute atomic E-state index is 0.431. The summed E-state index contributed by atoms with van der Waals surface area (Å²) >= 11 is 11.7. The molecule has 0 saturated heterocycles. The largest absolute Gasteiger partial charge is 0.486 e. The van der Waals surface area contributed by atoms with Crippen LogP contribution >= 0.6 is 23.8 Å². The number of methoxy groups -OCH3 is 1. The Morgan fingerprint density at radius 1 is 1.17 bits per heavy atom. The van der Waals surface area contributed by atoms with Crippen LogP contribution in [0.5, 0.6) is 11.5 Å². The number of carbonyl (C=O) groups excluding carboxylic acids is 1. The third-order valence-electron chi connectivity index (χ3n) is 4.88. The number of carbonyl (C=O) groups is 1. The molecule has 0 amide bonds. The Hall–Kier alpha value is -2.77. The van der Waals surface area contributed by atoms with Crippen LogP contribution in [-0.4, -0.2) is 31.4 Å². The van der Waals surface area contributed by atoms with Crippen LogP contribution in [0.1, 0.15) is 18.5 Å². The van der Waals surface area contributed by atoms with Crippen LogP contribution < -0.4 is 19.7 Å². The molecular weight excluding hydrogens is 412 g/mol. The fourth-order valence-electron chi connectivity index (χ4n) is 3.50. The van der Waals surface area contributed by atoms with E-state index in [1.165, 1.54) is 7.11 Å². The Kier molecular flexibility index (Phi) is 5.34. The number of nitrogens with one attached hydrogen (secondary N) is 1. The summed E-state index contributed by atoms with van der Waals surface area (Å²) in [6, 6.07) is 12.4. The standard InChI is InChI=1S/C21H19ClN2O4S/c1-12-18(20(25)26-2)19(13-3-5-14(22)6-4-13)23-21(29)24(12)15-7-8-16-17(11-15)28-10-9-27-16/h3-8,11,19H,9-10H2,1-2H3,(H,23,29)/t19-/m0/s1. The van der Waals surface area contributed by atoms with E-state index in [-0.39, 0.29) is 0 Å². The Bertz CT molecular complexity index is 1010. The topological polar surface area (TPSA) is 60.0 Å². The molecule has 0 spiro atoms. The molecule has 0 aliphatic carbocycles. The lowest BCUT2D eigenvalue weighted by molar-refractivity contribution is -0.136. The number of benzene rings is 2. The van der Waals surface area contributed by atoms with E-state index in [0.717, 1.165) is 11.3 Å². The highest BCUT2D eigenvalue weighted by Gasteiger charge is 2.35. The lowest BCUT2D eigenvalue weighted by atomic mass is 9.95. The number of nitrogens with zero attached hydrogens (tertiary/aromatic N) is 1. The average molecular weight is 431 g/mol. The molecule has 0 saturated carbocycles. The summed E-state index contributed by atoms with van der Waals surface area (Å²) in [6.07, 6.45) is 0. The van der Waals surface area contributed by atoms with Crippen LogP contribution in [0.4, 0.5) is 5.69 Å². The second-order valence-corrected chi connectivity index (χ2v) is 7.41. The molecule has 0 aromatic heterocycles. The maximum Gasteiger partial charge on any atom is 0.337 e. The summed E-state index contributed by atoms with van der Waals surface area (Å²) in [7, 11) is 1.36. The van der Waals surface area contributed by atoms with Gasteiger partial charge >= 0.3 is 5.97 Å². The number of hydrogen-bond donors (Lipinski definition) is 1. The van der Waals surface area contributed by atoms with E-state index in [0.29, 0.717) is 46.1 Å². The molecule has 2 aliphatic rings. The first-order chi connectivity index (χ1) is 14.0. The molecule has 0 radical (unpaired) electrons. The first kappa shape index (κ1) is 19.5. The fourth-order valence-corrected chi connectivity index (χ4v) is 3.99. The molecule has 2 heterocycles. The Morgan fingerprint density at radius 2 is 1.86 bits per heavy atom. The molecule has 0 bridgehead atoms. The van der Waals surface area contributed by atoms with Crippen LogP contribution in [0.25, 0.3) is 0 Å². The first-order valence-electron chi connectivity index (χ1n) is 9.04. The Labute approximate surface area is 179 Å². The SMILES string of the molecule is COC(=O)C1=C(C)N(c2ccc3c(c2)OCCO3)C(=S)N[C@H]1c1ccc(Cl)cc1. The number of esters is 1. The molecule has 2 aromatic carbocycles. The van der Waals surface area contributed by atoms with Crippen molar-refractivity contribution in [1.82, 2.24) is 5.32 Å². The Balaban J connectivity index is 1.80. The van der Waals surface area contributed by atoms with Gasteiger partial charge in [-0.25, -0.2) is 4.79 Å². The molecule has 1 N–H and O–H groups in total. The molecule has 6 nitrogen and oxygen atoms in total. The molecule has 0 unspecified atom stereocenters. The molecule has 150 valence electrons. The van der Waals surface area contributed by atoms with Gasteiger partial charge in [0.2, 0.25) is 0 Å². The molecule has 1 atom stereocenters. The van der Waals surface area contributed by atoms with Gasteiger partial charge in [0.15, 0.2) is 16.6 Å². The smallest absolute Gasteiger partial charge is 0.337 e. The van der Waals surface area contributed by atoms with E-state index in [2.05, 4.69) is 5.32 Å². The molecule has 4 rings (SSSR count). The van der Waals surface area contributed by atoms with Crippen LogP contribution in [-0.2, 0) is 9.53 Å². The predicted octanol–water partition coefficient (Wildman–Crippen LogP) is 3.99. The van der Waals surface area contributed by atoms with Gasteiger partial charge in [0.25, 0.3) is 0 Å². The van der Waals surface area contributed by atoms with Crippen LogP contribution in [0, 0.1) is 0 Å². The zero-order valence-corrected chi connectivity index (χ0v) is 17.5. The quantitative estimate of drug-likeness (QED) is 0.583. The number of ether oxygens (including phenoxy) is 3. The van der Waals surface area contributed by atoms with Crippen molar-refractivity contribution in [1.29, 1.82) is 0 Å². The second-order valence-electron chi connectivity index (χ2n) is 6.59. The number of rotatable bonds is 3. The van der Waals surface area contributed by atoms with Crippen molar-refractivity contribution < 1.29 is 19.0 Å². The van der Waals surface area contributed by atoms with Crippen LogP contribution in [0.15, 0.2) is 53.7 Å². The summed E-state index contributed by atoms with van der Waals surface area (Å²) in [4.78, 5) is 14.5. The van der Waals surface area contributed by atoms with Crippen molar-refractivity contribution in [2.24, 2.45) is 0 Å². The van der Waals surface area contributed by atoms with Gasteiger partial charge in [0.05, 0.1) is 24.4 Å². The summed E-state index contributed by atoms with van der Waals surface area (Å²) in [5.74, 6) is 0.897. The molecule has 0 fully saturated rings. The van der Waals surface area contributed by atoms with E-state index in [1.807, 2.05) is 37.3 Å². The maximum absolute atomic E-state index is 12.7. The lowest BCUT2D eigenvalue weighted by Crippen LogP contribution is -2.48. The number of fused-ring (bicyclic) bond motifs is 1. The minimum Gasteiger partial charge on any atom is -0.486 e. The zero-order chi connectivity index (χ0) is 20.5. The predicted molar refractivity (Wildman–Crippen MR) is 115 cm³/mol. The van der Waals surface area contributed by atoms with E-state index in [4.69, 9.17) is 38.0 Å². The van der Waals surface area contributed by atoms with Crippen molar-refractivity contribution in [3.63, 3.8) is 0 Å². The number of allylic oxidation sites excluding steroid dienone is 1. The second kappa shape index (κ2) is 7.93. The third kappa shape index (κ3) is 3.63. The fraction of sp³-hybridized carbons (Fsp3) is 0.238. The summed E-state index contributed by atoms with van der Waals surface area (Å²) in [6.45, 7) is 2.85. The van der Waals surface area contributed by atoms with Crippen molar-refractivity contribution in [2.45, 2.75) is 13.0 Å². The zero-order valence-electron chi connectivity index (χ0n) is 15.9. The average Bonchev–Trinajstić information content (AvgIpc) is 2.73. The summed E-state index contributed by atoms with van der Waals surface area (Å²) < 4.78 is 16.3. The van der Waals surface area contributed by atoms with E-state index in [9.17, 15) is 4.79 Å². The monoisotopic (exact) mass is 430 g/mol. The molecule has 29 heavy (non-hydrogen) atoms. The van der Waals surface area contributed by atoms with E-state index in [1.54, 1.807) is 17.0 Å². The van der Waals surface area contributed by atoms with Crippen LogP contribution in [0.3, 0.4) is 0 Å². The molecule has 2 aliphatic heterocycles. The van der Waals surface area contributed by atoms with Gasteiger partial charge in [0.1, 0.15) is 13.2 Å². The van der Waals surface area contributed by atoms with E-state index < -0.39 is 12.0 Å². The van der Waals surface area contributed by atoms with Crippen molar-refractivity contribution in [3.8, 4) is 11.5 Å². The molecule has 2 aromatic rings. The normalized spacial score (nSPS) is 18.4. The van der Waals surface area contributed by atoms with Crippen molar-refractivity contribution in [3.05, 3.63) is 64.3 Å². The van der Waals surface area contributed by atoms with Gasteiger partial charge in [0, 0.05) is 16.8 Å². The maximum atomic E-state index is 12.7. The van der Waals surface area contributed by atoms with Gasteiger partial charge < -0.3 is 19.5 Å². The molecular formula is C21H19ClN2O4S. The highest BCUT2D eigenvalue weighted by molar-refractivity contribution is 7.80. The van der Waals surface area contributed by atoms with Gasteiger partial charge in [-0.3, -0.25) is 4.90 Å². The van der Waals surface area contributed by atoms with Crippen molar-refractivity contribution in [2.75, 3.05) is 25.2 Å². The third-order valence-corrected chi connectivity index (χ3v) is 5.43. The number of hydrogen-bond acceptors (Lipinski definition) is 5.